The summed E-state index contributed by atoms with van der Waals surface area (Å²) in [5.74, 6) is 0.891. The van der Waals surface area contributed by atoms with Crippen LogP contribution in [-0.2, 0) is 6.54 Å². The molecule has 0 fully saturated rings. The lowest BCUT2D eigenvalue weighted by Gasteiger charge is -1.94. The van der Waals surface area contributed by atoms with Gasteiger partial charge in [0.15, 0.2) is 17.3 Å². The van der Waals surface area contributed by atoms with Crippen LogP contribution in [0.5, 0.6) is 0 Å². The minimum absolute atomic E-state index is 0.562. The van der Waals surface area contributed by atoms with Gasteiger partial charge in [-0.25, -0.2) is 9.55 Å². The summed E-state index contributed by atoms with van der Waals surface area (Å²) in [6.07, 6.45) is 5.10. The monoisotopic (exact) mass is 233 g/mol. The second kappa shape index (κ2) is 3.57. The van der Waals surface area contributed by atoms with Crippen LogP contribution < -0.4 is 4.57 Å². The number of nitrogens with one attached hydrogen (secondary N) is 2. The Labute approximate surface area is 95.8 Å². The first-order valence-corrected chi connectivity index (χ1v) is 5.22. The van der Waals surface area contributed by atoms with Gasteiger partial charge in [0, 0.05) is 0 Å². The summed E-state index contributed by atoms with van der Waals surface area (Å²) in [7, 11) is 0. The summed E-state index contributed by atoms with van der Waals surface area (Å²) in [4.78, 5) is 10.2. The molecule has 0 saturated carbocycles. The molecule has 0 aromatic carbocycles. The maximum absolute atomic E-state index is 5.30. The molecule has 3 aromatic rings. The third-order valence-electron chi connectivity index (χ3n) is 2.39. The van der Waals surface area contributed by atoms with Gasteiger partial charge in [-0.3, -0.25) is 9.97 Å². The average Bonchev–Trinajstić information content (AvgIpc) is 2.90. The van der Waals surface area contributed by atoms with Gasteiger partial charge in [0.25, 0.3) is 5.65 Å². The fourth-order valence-corrected chi connectivity index (χ4v) is 1.86. The van der Waals surface area contributed by atoms with E-state index in [0.717, 1.165) is 16.9 Å². The zero-order valence-electron chi connectivity index (χ0n) is 8.30. The van der Waals surface area contributed by atoms with Crippen molar-refractivity contribution in [2.75, 3.05) is 0 Å². The standard InChI is InChI=1S/C10H8N4OS/c16-10-8-9(11-5-12-10)14(6-13-8)4-7-2-1-3-15-7/h1-3,5-6H,4H2,(H,11,12,16)/p+1. The lowest BCUT2D eigenvalue weighted by molar-refractivity contribution is -0.665. The molecule has 0 radical (unpaired) electrons. The molecule has 80 valence electrons. The molecule has 0 atom stereocenters. The molecule has 0 aliphatic heterocycles. The molecule has 0 amide bonds. The normalized spacial score (nSPS) is 11.0. The van der Waals surface area contributed by atoms with Crippen molar-refractivity contribution >= 4 is 23.4 Å². The highest BCUT2D eigenvalue weighted by molar-refractivity contribution is 7.71. The highest BCUT2D eigenvalue weighted by atomic mass is 32.1. The number of furan rings is 1. The number of rotatable bonds is 2. The van der Waals surface area contributed by atoms with Crippen molar-refractivity contribution in [2.24, 2.45) is 0 Å². The molecule has 16 heavy (non-hydrogen) atoms. The van der Waals surface area contributed by atoms with E-state index in [9.17, 15) is 0 Å². The highest BCUT2D eigenvalue weighted by Gasteiger charge is 2.12. The molecule has 2 N–H and O–H groups in total. The van der Waals surface area contributed by atoms with E-state index in [1.165, 1.54) is 0 Å². The molecule has 0 spiro atoms. The summed E-state index contributed by atoms with van der Waals surface area (Å²) in [5, 5.41) is 0. The van der Waals surface area contributed by atoms with Crippen LogP contribution in [0.25, 0.3) is 11.2 Å². The van der Waals surface area contributed by atoms with Crippen LogP contribution in [0.4, 0.5) is 0 Å². The predicted octanol–water partition coefficient (Wildman–Crippen LogP) is 1.55. The van der Waals surface area contributed by atoms with Crippen LogP contribution in [0.2, 0.25) is 0 Å². The molecule has 0 unspecified atom stereocenters. The average molecular weight is 233 g/mol. The van der Waals surface area contributed by atoms with E-state index in [0.29, 0.717) is 11.2 Å². The van der Waals surface area contributed by atoms with Gasteiger partial charge in [-0.05, 0) is 12.1 Å². The van der Waals surface area contributed by atoms with Crippen molar-refractivity contribution in [3.05, 3.63) is 41.5 Å². The van der Waals surface area contributed by atoms with Crippen molar-refractivity contribution in [1.29, 1.82) is 0 Å². The predicted molar refractivity (Wildman–Crippen MR) is 59.3 cm³/mol. The fourth-order valence-electron chi connectivity index (χ4n) is 1.65. The number of fused-ring (bicyclic) bond motifs is 1. The topological polar surface area (TPSA) is 61.5 Å². The maximum atomic E-state index is 5.30. The Bertz CT molecular complexity index is 668. The Kier molecular flexibility index (Phi) is 2.07. The number of hydrogen-bond donors (Lipinski definition) is 2. The third-order valence-corrected chi connectivity index (χ3v) is 2.70. The smallest absolute Gasteiger partial charge is 0.270 e. The second-order valence-corrected chi connectivity index (χ2v) is 3.80. The lowest BCUT2D eigenvalue weighted by atomic mass is 10.4. The van der Waals surface area contributed by atoms with Gasteiger partial charge >= 0.3 is 0 Å². The van der Waals surface area contributed by atoms with Crippen molar-refractivity contribution in [1.82, 2.24) is 15.0 Å². The minimum atomic E-state index is 0.562. The summed E-state index contributed by atoms with van der Waals surface area (Å²) in [6.45, 7) is 0.655. The summed E-state index contributed by atoms with van der Waals surface area (Å²) in [6, 6.07) is 3.80. The molecule has 0 aliphatic rings. The number of aromatic amines is 2. The molecule has 3 aromatic heterocycles. The number of hydrogen-bond acceptors (Lipinski definition) is 3. The molecule has 0 bridgehead atoms. The van der Waals surface area contributed by atoms with Crippen LogP contribution in [0.1, 0.15) is 5.76 Å². The molecule has 0 saturated heterocycles. The Balaban J connectivity index is 2.11. The van der Waals surface area contributed by atoms with Crippen molar-refractivity contribution in [2.45, 2.75) is 6.54 Å². The van der Waals surface area contributed by atoms with Gasteiger partial charge in [0.1, 0.15) is 12.3 Å². The van der Waals surface area contributed by atoms with Gasteiger partial charge in [0.2, 0.25) is 5.52 Å². The summed E-state index contributed by atoms with van der Waals surface area (Å²) < 4.78 is 7.85. The van der Waals surface area contributed by atoms with E-state index in [-0.39, 0.29) is 0 Å². The first kappa shape index (κ1) is 9.29. The largest absolute Gasteiger partial charge is 0.466 e. The van der Waals surface area contributed by atoms with Crippen LogP contribution in [0.3, 0.4) is 0 Å². The third kappa shape index (κ3) is 1.43. The maximum Gasteiger partial charge on any atom is 0.270 e. The minimum Gasteiger partial charge on any atom is -0.466 e. The fraction of sp³-hybridized carbons (Fsp3) is 0.100. The zero-order chi connectivity index (χ0) is 11.0. The first-order valence-electron chi connectivity index (χ1n) is 4.81. The van der Waals surface area contributed by atoms with Gasteiger partial charge in [-0.15, -0.1) is 0 Å². The van der Waals surface area contributed by atoms with E-state index < -0.39 is 0 Å². The Morgan fingerprint density at radius 1 is 1.44 bits per heavy atom. The van der Waals surface area contributed by atoms with Crippen LogP contribution >= 0.6 is 12.2 Å². The van der Waals surface area contributed by atoms with E-state index >= 15 is 0 Å². The van der Waals surface area contributed by atoms with E-state index in [1.54, 1.807) is 12.6 Å². The molecular weight excluding hydrogens is 224 g/mol. The van der Waals surface area contributed by atoms with E-state index in [2.05, 4.69) is 15.0 Å². The number of aromatic nitrogens is 4. The Morgan fingerprint density at radius 3 is 3.19 bits per heavy atom. The molecule has 3 heterocycles. The van der Waals surface area contributed by atoms with Crippen LogP contribution in [-0.4, -0.2) is 15.0 Å². The van der Waals surface area contributed by atoms with Gasteiger partial charge < -0.3 is 4.42 Å². The number of H-pyrrole nitrogens is 2. The van der Waals surface area contributed by atoms with E-state index in [4.69, 9.17) is 16.6 Å². The van der Waals surface area contributed by atoms with Crippen molar-refractivity contribution in [3.8, 4) is 0 Å². The van der Waals surface area contributed by atoms with Gasteiger partial charge in [-0.2, -0.15) is 0 Å². The second-order valence-electron chi connectivity index (χ2n) is 3.41. The van der Waals surface area contributed by atoms with Crippen molar-refractivity contribution < 1.29 is 8.98 Å². The zero-order valence-corrected chi connectivity index (χ0v) is 9.12. The number of nitrogens with zero attached hydrogens (tertiary/aromatic N) is 2. The van der Waals surface area contributed by atoms with Crippen LogP contribution in [0.15, 0.2) is 35.5 Å². The summed E-state index contributed by atoms with van der Waals surface area (Å²) >= 11 is 5.12. The molecule has 6 heteroatoms. The number of imidazole rings is 1. The molecule has 3 rings (SSSR count). The summed E-state index contributed by atoms with van der Waals surface area (Å²) in [5.41, 5.74) is 1.75. The Morgan fingerprint density at radius 2 is 2.38 bits per heavy atom. The van der Waals surface area contributed by atoms with Crippen molar-refractivity contribution in [3.63, 3.8) is 0 Å². The Hall–Kier alpha value is -1.95. The van der Waals surface area contributed by atoms with E-state index in [1.807, 2.05) is 23.0 Å². The molecule has 0 aliphatic carbocycles. The quantitative estimate of drug-likeness (QED) is 0.521. The lowest BCUT2D eigenvalue weighted by Crippen LogP contribution is -2.32. The first-order chi connectivity index (χ1) is 7.84. The highest BCUT2D eigenvalue weighted by Crippen LogP contribution is 2.05. The SMILES string of the molecule is S=c1nc[nH]c2c1[nH]c[n+]2Cc1ccco1. The van der Waals surface area contributed by atoms with Gasteiger partial charge in [0.05, 0.1) is 6.26 Å². The molecular formula is C10H9N4OS+. The van der Waals surface area contributed by atoms with Crippen LogP contribution in [0, 0.1) is 4.64 Å². The van der Waals surface area contributed by atoms with Gasteiger partial charge in [-0.1, -0.05) is 12.2 Å². The molecule has 5 nitrogen and oxygen atoms in total.